The molecule has 2 aromatic heterocycles. The van der Waals surface area contributed by atoms with Crippen molar-refractivity contribution in [2.75, 3.05) is 13.2 Å². The van der Waals surface area contributed by atoms with Crippen LogP contribution in [0.25, 0.3) is 10.4 Å². The molecule has 0 unspecified atom stereocenters. The SMILES string of the molecule is Cc1ccc(-c2cc(O)c3c(c2)CN(C(=O)c2ccncc2C)CCO3)s1. The van der Waals surface area contributed by atoms with Crippen molar-refractivity contribution in [3.05, 3.63) is 64.3 Å². The Balaban J connectivity index is 1.70. The lowest BCUT2D eigenvalue weighted by Gasteiger charge is -2.21. The zero-order valence-electron chi connectivity index (χ0n) is 15.2. The molecule has 27 heavy (non-hydrogen) atoms. The smallest absolute Gasteiger partial charge is 0.254 e. The molecule has 1 aromatic carbocycles. The maximum atomic E-state index is 13.0. The van der Waals surface area contributed by atoms with E-state index in [0.29, 0.717) is 31.0 Å². The van der Waals surface area contributed by atoms with E-state index in [9.17, 15) is 9.90 Å². The lowest BCUT2D eigenvalue weighted by atomic mass is 10.1. The normalized spacial score (nSPS) is 13.6. The van der Waals surface area contributed by atoms with Gasteiger partial charge in [0.25, 0.3) is 5.91 Å². The molecule has 1 aliphatic rings. The Morgan fingerprint density at radius 3 is 2.85 bits per heavy atom. The Morgan fingerprint density at radius 1 is 1.26 bits per heavy atom. The summed E-state index contributed by atoms with van der Waals surface area (Å²) in [6, 6.07) is 9.58. The fourth-order valence-corrected chi connectivity index (χ4v) is 4.14. The van der Waals surface area contributed by atoms with Crippen molar-refractivity contribution in [1.82, 2.24) is 9.88 Å². The minimum Gasteiger partial charge on any atom is -0.504 e. The summed E-state index contributed by atoms with van der Waals surface area (Å²) in [7, 11) is 0. The number of fused-ring (bicyclic) bond motifs is 1. The van der Waals surface area contributed by atoms with Crippen molar-refractivity contribution in [2.24, 2.45) is 0 Å². The molecule has 0 aliphatic carbocycles. The lowest BCUT2D eigenvalue weighted by Crippen LogP contribution is -2.32. The first kappa shape index (κ1) is 17.5. The lowest BCUT2D eigenvalue weighted by molar-refractivity contribution is 0.0732. The van der Waals surface area contributed by atoms with Crippen molar-refractivity contribution in [1.29, 1.82) is 0 Å². The van der Waals surface area contributed by atoms with E-state index < -0.39 is 0 Å². The molecule has 138 valence electrons. The number of aromatic hydroxyl groups is 1. The molecule has 0 atom stereocenters. The van der Waals surface area contributed by atoms with Crippen molar-refractivity contribution in [3.8, 4) is 21.9 Å². The van der Waals surface area contributed by atoms with E-state index in [1.165, 1.54) is 4.88 Å². The fourth-order valence-electron chi connectivity index (χ4n) is 3.29. The summed E-state index contributed by atoms with van der Waals surface area (Å²) in [5.41, 5.74) is 3.23. The van der Waals surface area contributed by atoms with E-state index in [1.807, 2.05) is 19.1 Å². The van der Waals surface area contributed by atoms with Gasteiger partial charge in [0.2, 0.25) is 0 Å². The van der Waals surface area contributed by atoms with Crippen LogP contribution >= 0.6 is 11.3 Å². The van der Waals surface area contributed by atoms with E-state index in [4.69, 9.17) is 4.74 Å². The van der Waals surface area contributed by atoms with Crippen molar-refractivity contribution >= 4 is 17.2 Å². The van der Waals surface area contributed by atoms with Gasteiger partial charge in [-0.15, -0.1) is 11.3 Å². The second kappa shape index (κ2) is 7.04. The third-order valence-corrected chi connectivity index (χ3v) is 5.73. The molecular weight excluding hydrogens is 360 g/mol. The quantitative estimate of drug-likeness (QED) is 0.725. The zero-order valence-corrected chi connectivity index (χ0v) is 16.0. The molecule has 1 aliphatic heterocycles. The summed E-state index contributed by atoms with van der Waals surface area (Å²) in [5, 5.41) is 10.5. The van der Waals surface area contributed by atoms with Gasteiger partial charge in [0, 0.05) is 39.8 Å². The number of benzene rings is 1. The first-order chi connectivity index (χ1) is 13.0. The van der Waals surface area contributed by atoms with Gasteiger partial charge >= 0.3 is 0 Å². The van der Waals surface area contributed by atoms with Gasteiger partial charge in [-0.2, -0.15) is 0 Å². The van der Waals surface area contributed by atoms with Crippen LogP contribution in [0, 0.1) is 13.8 Å². The highest BCUT2D eigenvalue weighted by Crippen LogP contribution is 2.39. The number of rotatable bonds is 2. The molecule has 3 heterocycles. The number of pyridine rings is 1. The number of carbonyl (C=O) groups is 1. The molecule has 0 saturated heterocycles. The van der Waals surface area contributed by atoms with Crippen molar-refractivity contribution < 1.29 is 14.6 Å². The van der Waals surface area contributed by atoms with E-state index in [0.717, 1.165) is 21.6 Å². The standard InChI is InChI=1S/C21H20N2O3S/c1-13-11-22-6-5-17(13)21(25)23-7-8-26-20-16(12-23)9-15(10-18(20)24)19-4-3-14(2)27-19/h3-6,9-11,24H,7-8,12H2,1-2H3. The van der Waals surface area contributed by atoms with Crippen LogP contribution in [-0.2, 0) is 6.54 Å². The van der Waals surface area contributed by atoms with Crippen molar-refractivity contribution in [2.45, 2.75) is 20.4 Å². The number of phenols is 1. The van der Waals surface area contributed by atoms with Crippen LogP contribution in [0.2, 0.25) is 0 Å². The minimum absolute atomic E-state index is 0.0526. The van der Waals surface area contributed by atoms with Crippen LogP contribution < -0.4 is 4.74 Å². The van der Waals surface area contributed by atoms with Crippen LogP contribution in [0.15, 0.2) is 42.7 Å². The number of aromatic nitrogens is 1. The Kier molecular flexibility index (Phi) is 4.58. The van der Waals surface area contributed by atoms with E-state index in [-0.39, 0.29) is 11.7 Å². The van der Waals surface area contributed by atoms with Gasteiger partial charge in [-0.25, -0.2) is 0 Å². The predicted molar refractivity (Wildman–Crippen MR) is 105 cm³/mol. The molecule has 0 radical (unpaired) electrons. The predicted octanol–water partition coefficient (Wildman–Crippen LogP) is 4.17. The molecule has 3 aromatic rings. The number of phenolic OH excluding ortho intramolecular Hbond substituents is 1. The van der Waals surface area contributed by atoms with Gasteiger partial charge in [-0.1, -0.05) is 0 Å². The summed E-state index contributed by atoms with van der Waals surface area (Å²) in [4.78, 5) is 21.1. The van der Waals surface area contributed by atoms with E-state index in [1.54, 1.807) is 40.8 Å². The van der Waals surface area contributed by atoms with Gasteiger partial charge in [-0.3, -0.25) is 9.78 Å². The number of carbonyl (C=O) groups excluding carboxylic acids is 1. The average Bonchev–Trinajstić information content (AvgIpc) is 2.96. The summed E-state index contributed by atoms with van der Waals surface area (Å²) in [6.07, 6.45) is 3.32. The largest absolute Gasteiger partial charge is 0.504 e. The average molecular weight is 380 g/mol. The summed E-state index contributed by atoms with van der Waals surface area (Å²) < 4.78 is 5.77. The Bertz CT molecular complexity index is 1010. The molecule has 0 fully saturated rings. The Morgan fingerprint density at radius 2 is 2.11 bits per heavy atom. The molecule has 5 nitrogen and oxygen atoms in total. The highest BCUT2D eigenvalue weighted by molar-refractivity contribution is 7.15. The van der Waals surface area contributed by atoms with Crippen LogP contribution in [0.4, 0.5) is 0 Å². The monoisotopic (exact) mass is 380 g/mol. The molecule has 0 bridgehead atoms. The third-order valence-electron chi connectivity index (χ3n) is 4.68. The number of amides is 1. The van der Waals surface area contributed by atoms with E-state index >= 15 is 0 Å². The Hall–Kier alpha value is -2.86. The van der Waals surface area contributed by atoms with Gasteiger partial charge in [0.05, 0.1) is 6.54 Å². The first-order valence-corrected chi connectivity index (χ1v) is 9.60. The highest BCUT2D eigenvalue weighted by Gasteiger charge is 2.24. The maximum Gasteiger partial charge on any atom is 0.254 e. The number of nitrogens with zero attached hydrogens (tertiary/aromatic N) is 2. The zero-order chi connectivity index (χ0) is 19.0. The van der Waals surface area contributed by atoms with Gasteiger partial charge < -0.3 is 14.7 Å². The fraction of sp³-hybridized carbons (Fsp3) is 0.238. The summed E-state index contributed by atoms with van der Waals surface area (Å²) in [6.45, 7) is 5.13. The maximum absolute atomic E-state index is 13.0. The number of aryl methyl sites for hydroxylation is 2. The second-order valence-electron chi connectivity index (χ2n) is 6.66. The minimum atomic E-state index is -0.0526. The van der Waals surface area contributed by atoms with Crippen LogP contribution in [0.5, 0.6) is 11.5 Å². The molecule has 6 heteroatoms. The molecule has 4 rings (SSSR count). The van der Waals surface area contributed by atoms with Crippen LogP contribution in [-0.4, -0.2) is 34.0 Å². The molecule has 0 spiro atoms. The van der Waals surface area contributed by atoms with Crippen LogP contribution in [0.1, 0.15) is 26.4 Å². The summed E-state index contributed by atoms with van der Waals surface area (Å²) >= 11 is 1.67. The molecular formula is C21H20N2O3S. The number of hydrogen-bond donors (Lipinski definition) is 1. The second-order valence-corrected chi connectivity index (χ2v) is 7.95. The Labute approximate surface area is 161 Å². The number of hydrogen-bond acceptors (Lipinski definition) is 5. The third kappa shape index (κ3) is 3.40. The number of thiophene rings is 1. The molecule has 1 amide bonds. The van der Waals surface area contributed by atoms with Gasteiger partial charge in [-0.05, 0) is 55.3 Å². The summed E-state index contributed by atoms with van der Waals surface area (Å²) in [5.74, 6) is 0.528. The van der Waals surface area contributed by atoms with Gasteiger partial charge in [0.1, 0.15) is 6.61 Å². The first-order valence-electron chi connectivity index (χ1n) is 8.78. The number of ether oxygens (including phenoxy) is 1. The van der Waals surface area contributed by atoms with E-state index in [2.05, 4.69) is 18.0 Å². The topological polar surface area (TPSA) is 62.7 Å². The molecule has 1 N–H and O–H groups in total. The highest BCUT2D eigenvalue weighted by atomic mass is 32.1. The van der Waals surface area contributed by atoms with Crippen LogP contribution in [0.3, 0.4) is 0 Å². The van der Waals surface area contributed by atoms with Gasteiger partial charge in [0.15, 0.2) is 11.5 Å². The van der Waals surface area contributed by atoms with Crippen molar-refractivity contribution in [3.63, 3.8) is 0 Å². The molecule has 0 saturated carbocycles.